The molecule has 1 aliphatic heterocycles. The van der Waals surface area contributed by atoms with Crippen LogP contribution in [0.5, 0.6) is 0 Å². The summed E-state index contributed by atoms with van der Waals surface area (Å²) in [5.74, 6) is 0.582. The molecule has 2 N–H and O–H groups in total. The van der Waals surface area contributed by atoms with Crippen LogP contribution in [0.1, 0.15) is 39.5 Å². The van der Waals surface area contributed by atoms with Gasteiger partial charge in [-0.2, -0.15) is 0 Å². The van der Waals surface area contributed by atoms with E-state index in [2.05, 4.69) is 5.32 Å². The van der Waals surface area contributed by atoms with Crippen LogP contribution < -0.4 is 5.32 Å². The Hall–Kier alpha value is -1.26. The first-order valence-corrected chi connectivity index (χ1v) is 7.25. The number of nitrogens with zero attached hydrogens (tertiary/aromatic N) is 1. The number of urea groups is 1. The summed E-state index contributed by atoms with van der Waals surface area (Å²) in [4.78, 5) is 25.1. The van der Waals surface area contributed by atoms with Gasteiger partial charge in [-0.3, -0.25) is 0 Å². The Morgan fingerprint density at radius 3 is 2.32 bits per heavy atom. The van der Waals surface area contributed by atoms with Crippen molar-refractivity contribution >= 4 is 12.0 Å². The topological polar surface area (TPSA) is 69.6 Å². The van der Waals surface area contributed by atoms with E-state index in [1.165, 1.54) is 19.3 Å². The molecule has 5 nitrogen and oxygen atoms in total. The highest BCUT2D eigenvalue weighted by Gasteiger charge is 2.38. The summed E-state index contributed by atoms with van der Waals surface area (Å²) in [5.41, 5.74) is 0. The molecule has 2 amide bonds. The molecule has 1 saturated heterocycles. The molecule has 1 aliphatic carbocycles. The van der Waals surface area contributed by atoms with E-state index in [1.807, 2.05) is 13.8 Å². The van der Waals surface area contributed by atoms with Crippen LogP contribution in [0.3, 0.4) is 0 Å². The second-order valence-corrected chi connectivity index (χ2v) is 6.33. The Balaban J connectivity index is 1.87. The lowest BCUT2D eigenvalue weighted by Gasteiger charge is -2.22. The number of aliphatic carboxylic acids is 1. The van der Waals surface area contributed by atoms with Crippen molar-refractivity contribution in [3.63, 3.8) is 0 Å². The van der Waals surface area contributed by atoms with Crippen molar-refractivity contribution in [2.75, 3.05) is 13.1 Å². The minimum atomic E-state index is -0.943. The minimum Gasteiger partial charge on any atom is -0.480 e. The lowest BCUT2D eigenvalue weighted by atomic mass is 10.0. The number of carbonyl (C=O) groups is 2. The van der Waals surface area contributed by atoms with Gasteiger partial charge in [0.25, 0.3) is 0 Å². The third-order valence-corrected chi connectivity index (χ3v) is 4.32. The van der Waals surface area contributed by atoms with Crippen LogP contribution >= 0.6 is 0 Å². The summed E-state index contributed by atoms with van der Waals surface area (Å²) in [7, 11) is 0. The molecule has 3 atom stereocenters. The SMILES string of the molecule is CC(C)CC(NC(=O)N1CC2CCCC2C1)C(=O)O. The standard InChI is InChI=1S/C14H24N2O3/c1-9(2)6-12(13(17)18)15-14(19)16-7-10-4-3-5-11(10)8-16/h9-12H,3-8H2,1-2H3,(H,15,19)(H,17,18). The van der Waals surface area contributed by atoms with Crippen molar-refractivity contribution in [3.05, 3.63) is 0 Å². The van der Waals surface area contributed by atoms with Crippen LogP contribution in [0.4, 0.5) is 4.79 Å². The summed E-state index contributed by atoms with van der Waals surface area (Å²) >= 11 is 0. The Morgan fingerprint density at radius 2 is 1.84 bits per heavy atom. The monoisotopic (exact) mass is 268 g/mol. The number of carbonyl (C=O) groups excluding carboxylic acids is 1. The van der Waals surface area contributed by atoms with Gasteiger partial charge in [0.05, 0.1) is 0 Å². The zero-order chi connectivity index (χ0) is 14.0. The maximum atomic E-state index is 12.1. The third-order valence-electron chi connectivity index (χ3n) is 4.32. The van der Waals surface area contributed by atoms with E-state index >= 15 is 0 Å². The molecule has 0 radical (unpaired) electrons. The van der Waals surface area contributed by atoms with Crippen molar-refractivity contribution in [1.82, 2.24) is 10.2 Å². The first-order valence-electron chi connectivity index (χ1n) is 7.25. The quantitative estimate of drug-likeness (QED) is 0.818. The molecule has 0 bridgehead atoms. The molecule has 0 aromatic heterocycles. The fraction of sp³-hybridized carbons (Fsp3) is 0.857. The van der Waals surface area contributed by atoms with Gasteiger partial charge in [-0.05, 0) is 37.0 Å². The van der Waals surface area contributed by atoms with Gasteiger partial charge in [0.15, 0.2) is 0 Å². The van der Waals surface area contributed by atoms with Gasteiger partial charge in [-0.15, -0.1) is 0 Å². The Morgan fingerprint density at radius 1 is 1.26 bits per heavy atom. The van der Waals surface area contributed by atoms with E-state index in [0.29, 0.717) is 18.3 Å². The Bertz CT molecular complexity index is 345. The maximum absolute atomic E-state index is 12.1. The molecule has 2 rings (SSSR count). The lowest BCUT2D eigenvalue weighted by molar-refractivity contribution is -0.139. The van der Waals surface area contributed by atoms with Crippen molar-refractivity contribution < 1.29 is 14.7 Å². The zero-order valence-corrected chi connectivity index (χ0v) is 11.8. The van der Waals surface area contributed by atoms with Gasteiger partial charge >= 0.3 is 12.0 Å². The first kappa shape index (κ1) is 14.2. The van der Waals surface area contributed by atoms with Crippen LogP contribution in [0, 0.1) is 17.8 Å². The van der Waals surface area contributed by atoms with Gasteiger partial charge < -0.3 is 15.3 Å². The maximum Gasteiger partial charge on any atom is 0.326 e. The lowest BCUT2D eigenvalue weighted by Crippen LogP contribution is -2.48. The molecule has 108 valence electrons. The van der Waals surface area contributed by atoms with Crippen molar-refractivity contribution in [2.45, 2.75) is 45.6 Å². The van der Waals surface area contributed by atoms with Crippen molar-refractivity contribution in [1.29, 1.82) is 0 Å². The fourth-order valence-corrected chi connectivity index (χ4v) is 3.33. The molecule has 0 aromatic rings. The number of nitrogens with one attached hydrogen (secondary N) is 1. The van der Waals surface area contributed by atoms with Crippen LogP contribution in [0.15, 0.2) is 0 Å². The van der Waals surface area contributed by atoms with E-state index in [-0.39, 0.29) is 11.9 Å². The van der Waals surface area contributed by atoms with E-state index in [9.17, 15) is 9.59 Å². The van der Waals surface area contributed by atoms with Gasteiger partial charge in [-0.1, -0.05) is 20.3 Å². The van der Waals surface area contributed by atoms with E-state index in [1.54, 1.807) is 4.90 Å². The average Bonchev–Trinajstić information content (AvgIpc) is 2.86. The fourth-order valence-electron chi connectivity index (χ4n) is 3.33. The number of hydrogen-bond donors (Lipinski definition) is 2. The van der Waals surface area contributed by atoms with Crippen LogP contribution in [-0.4, -0.2) is 41.1 Å². The predicted molar refractivity (Wildman–Crippen MR) is 71.8 cm³/mol. The second kappa shape index (κ2) is 5.80. The number of hydrogen-bond acceptors (Lipinski definition) is 2. The zero-order valence-electron chi connectivity index (χ0n) is 11.8. The van der Waals surface area contributed by atoms with Crippen LogP contribution in [0.25, 0.3) is 0 Å². The molecule has 19 heavy (non-hydrogen) atoms. The minimum absolute atomic E-state index is 0.206. The van der Waals surface area contributed by atoms with Crippen LogP contribution in [0.2, 0.25) is 0 Å². The molecule has 0 aromatic carbocycles. The number of carboxylic acids is 1. The van der Waals surface area contributed by atoms with Gasteiger partial charge in [-0.25, -0.2) is 9.59 Å². The number of fused-ring (bicyclic) bond motifs is 1. The molecule has 5 heteroatoms. The Kier molecular flexibility index (Phi) is 4.32. The molecular weight excluding hydrogens is 244 g/mol. The van der Waals surface area contributed by atoms with Gasteiger partial charge in [0, 0.05) is 13.1 Å². The summed E-state index contributed by atoms with van der Waals surface area (Å²) in [6, 6.07) is -0.976. The first-order chi connectivity index (χ1) is 8.97. The number of rotatable bonds is 4. The number of carboxylic acid groups (broad SMARTS) is 1. The highest BCUT2D eigenvalue weighted by molar-refractivity contribution is 5.82. The molecule has 1 saturated carbocycles. The molecular formula is C14H24N2O3. The summed E-state index contributed by atoms with van der Waals surface area (Å²) in [5, 5.41) is 11.8. The summed E-state index contributed by atoms with van der Waals surface area (Å²) in [6.07, 6.45) is 4.17. The van der Waals surface area contributed by atoms with Gasteiger partial charge in [0.2, 0.25) is 0 Å². The molecule has 3 unspecified atom stereocenters. The summed E-state index contributed by atoms with van der Waals surface area (Å²) < 4.78 is 0. The molecule has 1 heterocycles. The normalized spacial score (nSPS) is 27.4. The smallest absolute Gasteiger partial charge is 0.326 e. The highest BCUT2D eigenvalue weighted by atomic mass is 16.4. The van der Waals surface area contributed by atoms with E-state index in [4.69, 9.17) is 5.11 Å². The molecule has 0 spiro atoms. The Labute approximate surface area is 114 Å². The predicted octanol–water partition coefficient (Wildman–Crippen LogP) is 1.93. The molecule has 2 fully saturated rings. The summed E-state index contributed by atoms with van der Waals surface area (Å²) in [6.45, 7) is 5.51. The van der Waals surface area contributed by atoms with E-state index < -0.39 is 12.0 Å². The average molecular weight is 268 g/mol. The van der Waals surface area contributed by atoms with Crippen LogP contribution in [-0.2, 0) is 4.79 Å². The largest absolute Gasteiger partial charge is 0.480 e. The van der Waals surface area contributed by atoms with Crippen molar-refractivity contribution in [3.8, 4) is 0 Å². The second-order valence-electron chi connectivity index (χ2n) is 6.33. The number of likely N-dealkylation sites (tertiary alicyclic amines) is 1. The van der Waals surface area contributed by atoms with Gasteiger partial charge in [0.1, 0.15) is 6.04 Å². The molecule has 2 aliphatic rings. The number of amides is 2. The van der Waals surface area contributed by atoms with E-state index in [0.717, 1.165) is 13.1 Å². The highest BCUT2D eigenvalue weighted by Crippen LogP contribution is 2.37. The van der Waals surface area contributed by atoms with Crippen molar-refractivity contribution in [2.24, 2.45) is 17.8 Å². The third kappa shape index (κ3) is 3.39.